The molecule has 0 saturated carbocycles. The normalized spacial score (nSPS) is 21.8. The van der Waals surface area contributed by atoms with Crippen LogP contribution in [0.25, 0.3) is 0 Å². The second-order valence-corrected chi connectivity index (χ2v) is 5.99. The number of H-pyrrole nitrogens is 1. The number of alkyl halides is 3. The van der Waals surface area contributed by atoms with Crippen LogP contribution in [0, 0.1) is 5.92 Å². The van der Waals surface area contributed by atoms with Gasteiger partial charge in [0.05, 0.1) is 11.3 Å². The zero-order valence-electron chi connectivity index (χ0n) is 13.1. The molecule has 1 fully saturated rings. The van der Waals surface area contributed by atoms with Crippen molar-refractivity contribution >= 4 is 0 Å². The van der Waals surface area contributed by atoms with E-state index in [0.717, 1.165) is 24.6 Å². The van der Waals surface area contributed by atoms with Gasteiger partial charge >= 0.3 is 6.18 Å². The van der Waals surface area contributed by atoms with E-state index in [9.17, 15) is 13.2 Å². The lowest BCUT2D eigenvalue weighted by Crippen LogP contribution is -2.32. The van der Waals surface area contributed by atoms with Crippen molar-refractivity contribution in [2.45, 2.75) is 31.7 Å². The average Bonchev–Trinajstić information content (AvgIpc) is 3.09. The number of halogens is 3. The largest absolute Gasteiger partial charge is 0.416 e. The maximum atomic E-state index is 13.0. The van der Waals surface area contributed by atoms with Gasteiger partial charge in [-0.3, -0.25) is 5.10 Å². The molecule has 0 amide bonds. The van der Waals surface area contributed by atoms with Gasteiger partial charge in [0.1, 0.15) is 6.10 Å². The summed E-state index contributed by atoms with van der Waals surface area (Å²) in [6.07, 6.45) is -0.818. The first kappa shape index (κ1) is 17.0. The number of hydrogen-bond acceptors (Lipinski definition) is 3. The van der Waals surface area contributed by atoms with Crippen LogP contribution in [0.3, 0.4) is 0 Å². The molecule has 2 heterocycles. The van der Waals surface area contributed by atoms with E-state index in [-0.39, 0.29) is 24.1 Å². The fourth-order valence-corrected chi connectivity index (χ4v) is 3.16. The Labute approximate surface area is 138 Å². The molecule has 130 valence electrons. The van der Waals surface area contributed by atoms with Crippen molar-refractivity contribution in [1.82, 2.24) is 15.5 Å². The molecule has 0 aliphatic carbocycles. The molecular formula is C17H20F3N3O. The lowest BCUT2D eigenvalue weighted by atomic mass is 9.92. The number of aromatic nitrogens is 2. The van der Waals surface area contributed by atoms with E-state index in [1.54, 1.807) is 12.3 Å². The molecule has 1 aromatic carbocycles. The van der Waals surface area contributed by atoms with Crippen LogP contribution in [0.4, 0.5) is 13.2 Å². The molecule has 1 aliphatic rings. The zero-order valence-corrected chi connectivity index (χ0v) is 13.1. The van der Waals surface area contributed by atoms with Crippen LogP contribution < -0.4 is 5.32 Å². The molecule has 2 aromatic rings. The number of benzene rings is 1. The van der Waals surface area contributed by atoms with Gasteiger partial charge in [-0.05, 0) is 30.5 Å². The Hall–Kier alpha value is -1.86. The Morgan fingerprint density at radius 2 is 2.08 bits per heavy atom. The lowest BCUT2D eigenvalue weighted by Gasteiger charge is -2.31. The standard InChI is InChI=1S/C17H20F3N3O/c18-17(19,20)14-6-2-1-4-12(14)10-21-11-13-5-3-9-24-16(13)15-7-8-22-23-15/h1-2,4,6-8,13,16,21H,3,5,9-11H2,(H,22,23)/t13-,16+/m0/s1. The first-order valence-electron chi connectivity index (χ1n) is 8.02. The van der Waals surface area contributed by atoms with Gasteiger partial charge in [0.25, 0.3) is 0 Å². The number of hydrogen-bond donors (Lipinski definition) is 2. The highest BCUT2D eigenvalue weighted by Crippen LogP contribution is 2.33. The number of ether oxygens (including phenoxy) is 1. The Morgan fingerprint density at radius 3 is 2.83 bits per heavy atom. The van der Waals surface area contributed by atoms with Crippen LogP contribution in [0.2, 0.25) is 0 Å². The number of nitrogens with zero attached hydrogens (tertiary/aromatic N) is 1. The van der Waals surface area contributed by atoms with Crippen molar-refractivity contribution < 1.29 is 17.9 Å². The van der Waals surface area contributed by atoms with E-state index in [2.05, 4.69) is 15.5 Å². The second-order valence-electron chi connectivity index (χ2n) is 5.99. The summed E-state index contributed by atoms with van der Waals surface area (Å²) in [6, 6.07) is 7.55. The summed E-state index contributed by atoms with van der Waals surface area (Å²) in [5, 5.41) is 10.0. The summed E-state index contributed by atoms with van der Waals surface area (Å²) in [5.74, 6) is 0.206. The van der Waals surface area contributed by atoms with Crippen LogP contribution in [-0.4, -0.2) is 23.3 Å². The molecule has 2 N–H and O–H groups in total. The predicted molar refractivity (Wildman–Crippen MR) is 83.2 cm³/mol. The van der Waals surface area contributed by atoms with Gasteiger partial charge in [-0.2, -0.15) is 18.3 Å². The van der Waals surface area contributed by atoms with Gasteiger partial charge < -0.3 is 10.1 Å². The minimum absolute atomic E-state index is 0.0911. The van der Waals surface area contributed by atoms with E-state index < -0.39 is 11.7 Å². The van der Waals surface area contributed by atoms with Crippen LogP contribution in [0.1, 0.15) is 35.8 Å². The average molecular weight is 339 g/mol. The van der Waals surface area contributed by atoms with Crippen LogP contribution in [0.5, 0.6) is 0 Å². The minimum Gasteiger partial charge on any atom is -0.372 e. The molecular weight excluding hydrogens is 319 g/mol. The van der Waals surface area contributed by atoms with Gasteiger partial charge in [0.2, 0.25) is 0 Å². The molecule has 3 rings (SSSR count). The highest BCUT2D eigenvalue weighted by molar-refractivity contribution is 5.29. The third-order valence-electron chi connectivity index (χ3n) is 4.32. The summed E-state index contributed by atoms with van der Waals surface area (Å²) in [6.45, 7) is 1.47. The summed E-state index contributed by atoms with van der Waals surface area (Å²) in [5.41, 5.74) is 0.597. The van der Waals surface area contributed by atoms with Gasteiger partial charge in [0, 0.05) is 31.8 Å². The van der Waals surface area contributed by atoms with Gasteiger partial charge in [-0.1, -0.05) is 18.2 Å². The maximum Gasteiger partial charge on any atom is 0.416 e. The number of aromatic amines is 1. The summed E-state index contributed by atoms with van der Waals surface area (Å²) >= 11 is 0. The molecule has 2 atom stereocenters. The smallest absolute Gasteiger partial charge is 0.372 e. The number of rotatable bonds is 5. The fraction of sp³-hybridized carbons (Fsp3) is 0.471. The highest BCUT2D eigenvalue weighted by Gasteiger charge is 2.33. The molecule has 24 heavy (non-hydrogen) atoms. The van der Waals surface area contributed by atoms with E-state index in [0.29, 0.717) is 13.2 Å². The minimum atomic E-state index is -4.33. The first-order chi connectivity index (χ1) is 11.6. The quantitative estimate of drug-likeness (QED) is 0.874. The monoisotopic (exact) mass is 339 g/mol. The van der Waals surface area contributed by atoms with Crippen molar-refractivity contribution in [3.8, 4) is 0 Å². The topological polar surface area (TPSA) is 49.9 Å². The first-order valence-corrected chi connectivity index (χ1v) is 8.02. The van der Waals surface area contributed by atoms with Crippen molar-refractivity contribution in [1.29, 1.82) is 0 Å². The van der Waals surface area contributed by atoms with Crippen molar-refractivity contribution in [2.75, 3.05) is 13.2 Å². The summed E-state index contributed by atoms with van der Waals surface area (Å²) < 4.78 is 44.9. The molecule has 4 nitrogen and oxygen atoms in total. The molecule has 1 aliphatic heterocycles. The molecule has 0 bridgehead atoms. The van der Waals surface area contributed by atoms with Crippen LogP contribution in [0.15, 0.2) is 36.5 Å². The van der Waals surface area contributed by atoms with Gasteiger partial charge in [0.15, 0.2) is 0 Å². The SMILES string of the molecule is FC(F)(F)c1ccccc1CNC[C@@H]1CCCO[C@H]1c1ccn[nH]1. The van der Waals surface area contributed by atoms with E-state index in [1.165, 1.54) is 12.1 Å². The maximum absolute atomic E-state index is 13.0. The van der Waals surface area contributed by atoms with E-state index in [4.69, 9.17) is 4.74 Å². The van der Waals surface area contributed by atoms with Gasteiger partial charge in [-0.25, -0.2) is 0 Å². The molecule has 0 unspecified atom stereocenters. The highest BCUT2D eigenvalue weighted by atomic mass is 19.4. The number of nitrogens with one attached hydrogen (secondary N) is 2. The van der Waals surface area contributed by atoms with Crippen LogP contribution in [-0.2, 0) is 17.5 Å². The van der Waals surface area contributed by atoms with E-state index in [1.807, 2.05) is 6.07 Å². The lowest BCUT2D eigenvalue weighted by molar-refractivity contribution is -0.138. The second kappa shape index (κ2) is 7.36. The summed E-state index contributed by atoms with van der Waals surface area (Å²) in [7, 11) is 0. The zero-order chi connectivity index (χ0) is 17.0. The molecule has 0 radical (unpaired) electrons. The third-order valence-corrected chi connectivity index (χ3v) is 4.32. The third kappa shape index (κ3) is 3.96. The Balaban J connectivity index is 1.62. The van der Waals surface area contributed by atoms with Crippen molar-refractivity contribution in [3.05, 3.63) is 53.3 Å². The predicted octanol–water partition coefficient (Wildman–Crippen LogP) is 3.69. The summed E-state index contributed by atoms with van der Waals surface area (Å²) in [4.78, 5) is 0. The fourth-order valence-electron chi connectivity index (χ4n) is 3.16. The molecule has 1 saturated heterocycles. The van der Waals surface area contributed by atoms with Gasteiger partial charge in [-0.15, -0.1) is 0 Å². The van der Waals surface area contributed by atoms with E-state index >= 15 is 0 Å². The van der Waals surface area contributed by atoms with Crippen molar-refractivity contribution in [3.63, 3.8) is 0 Å². The van der Waals surface area contributed by atoms with Crippen molar-refractivity contribution in [2.24, 2.45) is 5.92 Å². The Kier molecular flexibility index (Phi) is 5.20. The van der Waals surface area contributed by atoms with Crippen LogP contribution >= 0.6 is 0 Å². The molecule has 7 heteroatoms. The molecule has 1 aromatic heterocycles. The Morgan fingerprint density at radius 1 is 1.25 bits per heavy atom. The Bertz CT molecular complexity index is 643. The molecule has 0 spiro atoms.